The van der Waals surface area contributed by atoms with Crippen molar-refractivity contribution in [1.82, 2.24) is 31.1 Å². The highest BCUT2D eigenvalue weighted by Crippen LogP contribution is 2.19. The Kier molecular flexibility index (Phi) is 16.7. The SMILES string of the molecule is CC(C)C[C@@H]1NC(=O)CC[C@@H](C(=O)NCCN(C)C)NC(=O)c2ccccc2OCCCCCCN(C)C(=O)[C@H](Cc2ccccc2)NC1=O. The minimum atomic E-state index is -1.01. The molecule has 0 spiro atoms. The van der Waals surface area contributed by atoms with Crippen LogP contribution in [-0.2, 0) is 25.6 Å². The van der Waals surface area contributed by atoms with E-state index in [1.54, 1.807) is 36.2 Å². The van der Waals surface area contributed by atoms with Crippen LogP contribution in [0.4, 0.5) is 0 Å². The molecular formula is C38H56N6O6. The third-order valence-corrected chi connectivity index (χ3v) is 8.55. The summed E-state index contributed by atoms with van der Waals surface area (Å²) in [7, 11) is 5.53. The molecule has 0 aromatic heterocycles. The van der Waals surface area contributed by atoms with Crippen LogP contribution >= 0.6 is 0 Å². The van der Waals surface area contributed by atoms with Gasteiger partial charge in [-0.1, -0.05) is 69.2 Å². The van der Waals surface area contributed by atoms with Crippen LogP contribution in [0.5, 0.6) is 5.75 Å². The second-order valence-corrected chi connectivity index (χ2v) is 13.7. The van der Waals surface area contributed by atoms with Crippen molar-refractivity contribution in [3.8, 4) is 5.75 Å². The van der Waals surface area contributed by atoms with Crippen molar-refractivity contribution in [2.24, 2.45) is 5.92 Å². The van der Waals surface area contributed by atoms with Crippen LogP contribution in [0.15, 0.2) is 54.6 Å². The summed E-state index contributed by atoms with van der Waals surface area (Å²) in [5.74, 6) is -1.51. The van der Waals surface area contributed by atoms with Crippen LogP contribution in [0.25, 0.3) is 0 Å². The number of para-hydroxylation sites is 1. The molecule has 274 valence electrons. The molecule has 0 fully saturated rings. The molecule has 12 heteroatoms. The van der Waals surface area contributed by atoms with Crippen LogP contribution in [0, 0.1) is 5.92 Å². The van der Waals surface area contributed by atoms with Gasteiger partial charge in [-0.2, -0.15) is 0 Å². The highest BCUT2D eigenvalue weighted by molar-refractivity contribution is 6.00. The van der Waals surface area contributed by atoms with E-state index in [0.29, 0.717) is 50.4 Å². The molecule has 1 aliphatic rings. The minimum absolute atomic E-state index is 0.00429. The van der Waals surface area contributed by atoms with E-state index < -0.39 is 41.8 Å². The predicted molar refractivity (Wildman–Crippen MR) is 194 cm³/mol. The lowest BCUT2D eigenvalue weighted by Crippen LogP contribution is -2.55. The number of fused-ring (bicyclic) bond motifs is 1. The number of ether oxygens (including phenoxy) is 1. The van der Waals surface area contributed by atoms with Gasteiger partial charge in [0, 0.05) is 39.5 Å². The van der Waals surface area contributed by atoms with Crippen LogP contribution < -0.4 is 26.0 Å². The van der Waals surface area contributed by atoms with Crippen molar-refractivity contribution in [1.29, 1.82) is 0 Å². The Morgan fingerprint density at radius 1 is 0.920 bits per heavy atom. The Morgan fingerprint density at radius 3 is 2.34 bits per heavy atom. The molecule has 3 rings (SSSR count). The lowest BCUT2D eigenvalue weighted by atomic mass is 10.0. The zero-order chi connectivity index (χ0) is 36.5. The Morgan fingerprint density at radius 2 is 1.62 bits per heavy atom. The summed E-state index contributed by atoms with van der Waals surface area (Å²) in [5.41, 5.74) is 1.20. The number of hydrogen-bond acceptors (Lipinski definition) is 7. The van der Waals surface area contributed by atoms with Crippen molar-refractivity contribution in [2.75, 3.05) is 47.4 Å². The average Bonchev–Trinajstić information content (AvgIpc) is 3.08. The molecule has 2 aromatic rings. The van der Waals surface area contributed by atoms with Crippen molar-refractivity contribution in [2.45, 2.75) is 83.3 Å². The van der Waals surface area contributed by atoms with Crippen LogP contribution in [0.2, 0.25) is 0 Å². The number of carbonyl (C=O) groups excluding carboxylic acids is 5. The summed E-state index contributed by atoms with van der Waals surface area (Å²) in [6.07, 6.45) is 3.80. The average molecular weight is 693 g/mol. The maximum atomic E-state index is 13.8. The quantitative estimate of drug-likeness (QED) is 0.333. The number of nitrogens with zero attached hydrogens (tertiary/aromatic N) is 2. The van der Waals surface area contributed by atoms with Gasteiger partial charge in [0.15, 0.2) is 0 Å². The molecule has 50 heavy (non-hydrogen) atoms. The molecule has 5 amide bonds. The van der Waals surface area contributed by atoms with E-state index in [9.17, 15) is 24.0 Å². The van der Waals surface area contributed by atoms with E-state index in [1.165, 1.54) is 0 Å². The standard InChI is InChI=1S/C38H56N6O6/c1-27(2)25-31-37(48)42-32(26-28-15-9-8-10-16-28)38(49)44(5)22-13-6-7-14-24-50-33-18-12-11-17-29(33)35(46)41-30(19-20-34(45)40-31)36(47)39-21-23-43(3)4/h8-12,15-18,27,30-32H,6-7,13-14,19-26H2,1-5H3,(H,39,47)(H,40,45)(H,41,46)(H,42,48)/t30-,31-,32-/m0/s1. The third kappa shape index (κ3) is 13.8. The fourth-order valence-electron chi connectivity index (χ4n) is 5.74. The number of hydrogen-bond donors (Lipinski definition) is 4. The molecule has 0 bridgehead atoms. The first kappa shape index (κ1) is 40.0. The first-order valence-electron chi connectivity index (χ1n) is 17.8. The zero-order valence-electron chi connectivity index (χ0n) is 30.3. The maximum Gasteiger partial charge on any atom is 0.255 e. The highest BCUT2D eigenvalue weighted by atomic mass is 16.5. The molecule has 4 N–H and O–H groups in total. The number of benzene rings is 2. The lowest BCUT2D eigenvalue weighted by molar-refractivity contribution is -0.136. The van der Waals surface area contributed by atoms with E-state index in [2.05, 4.69) is 21.3 Å². The molecule has 2 aromatic carbocycles. The molecule has 0 aliphatic carbocycles. The van der Waals surface area contributed by atoms with Crippen LogP contribution in [0.3, 0.4) is 0 Å². The summed E-state index contributed by atoms with van der Waals surface area (Å²) < 4.78 is 6.00. The van der Waals surface area contributed by atoms with Crippen LogP contribution in [-0.4, -0.2) is 105 Å². The van der Waals surface area contributed by atoms with E-state index in [4.69, 9.17) is 4.74 Å². The summed E-state index contributed by atoms with van der Waals surface area (Å²) >= 11 is 0. The molecule has 0 unspecified atom stereocenters. The van der Waals surface area contributed by atoms with Crippen molar-refractivity contribution in [3.05, 3.63) is 65.7 Å². The number of carbonyl (C=O) groups is 5. The number of amides is 5. The molecular weight excluding hydrogens is 636 g/mol. The van der Waals surface area contributed by atoms with E-state index in [0.717, 1.165) is 31.2 Å². The summed E-state index contributed by atoms with van der Waals surface area (Å²) in [4.78, 5) is 71.2. The Balaban J connectivity index is 1.87. The highest BCUT2D eigenvalue weighted by Gasteiger charge is 2.30. The second-order valence-electron chi connectivity index (χ2n) is 13.7. The second kappa shape index (κ2) is 20.9. The monoisotopic (exact) mass is 692 g/mol. The normalized spacial score (nSPS) is 20.8. The van der Waals surface area contributed by atoms with Gasteiger partial charge in [-0.05, 0) is 63.4 Å². The summed E-state index contributed by atoms with van der Waals surface area (Å²) in [6, 6.07) is 13.7. The smallest absolute Gasteiger partial charge is 0.255 e. The van der Waals surface area contributed by atoms with Gasteiger partial charge in [-0.15, -0.1) is 0 Å². The van der Waals surface area contributed by atoms with Gasteiger partial charge >= 0.3 is 0 Å². The van der Waals surface area contributed by atoms with Gasteiger partial charge in [-0.25, -0.2) is 0 Å². The first-order valence-corrected chi connectivity index (χ1v) is 17.8. The third-order valence-electron chi connectivity index (χ3n) is 8.55. The zero-order valence-corrected chi connectivity index (χ0v) is 30.3. The van der Waals surface area contributed by atoms with E-state index in [1.807, 2.05) is 63.2 Å². The lowest BCUT2D eigenvalue weighted by Gasteiger charge is -2.28. The Bertz CT molecular complexity index is 1400. The fourth-order valence-corrected chi connectivity index (χ4v) is 5.74. The summed E-state index contributed by atoms with van der Waals surface area (Å²) in [5, 5.41) is 11.5. The summed E-state index contributed by atoms with van der Waals surface area (Å²) in [6.45, 7) is 5.79. The molecule has 3 atom stereocenters. The van der Waals surface area contributed by atoms with Crippen molar-refractivity contribution < 1.29 is 28.7 Å². The van der Waals surface area contributed by atoms with Gasteiger partial charge in [0.2, 0.25) is 23.6 Å². The van der Waals surface area contributed by atoms with Crippen LogP contribution in [0.1, 0.15) is 74.7 Å². The topological polar surface area (TPSA) is 149 Å². The van der Waals surface area contributed by atoms with E-state index >= 15 is 0 Å². The van der Waals surface area contributed by atoms with Gasteiger partial charge in [0.05, 0.1) is 12.2 Å². The molecule has 12 nitrogen and oxygen atoms in total. The Labute approximate surface area is 297 Å². The number of rotatable bonds is 8. The Hall–Kier alpha value is -4.45. The van der Waals surface area contributed by atoms with E-state index in [-0.39, 0.29) is 24.7 Å². The predicted octanol–water partition coefficient (Wildman–Crippen LogP) is 2.91. The van der Waals surface area contributed by atoms with Gasteiger partial charge in [0.1, 0.15) is 23.9 Å². The molecule has 0 radical (unpaired) electrons. The van der Waals surface area contributed by atoms with Crippen molar-refractivity contribution in [3.63, 3.8) is 0 Å². The van der Waals surface area contributed by atoms with Gasteiger partial charge < -0.3 is 35.8 Å². The maximum absolute atomic E-state index is 13.8. The van der Waals surface area contributed by atoms with Gasteiger partial charge in [0.25, 0.3) is 5.91 Å². The van der Waals surface area contributed by atoms with Crippen molar-refractivity contribution >= 4 is 29.5 Å². The fraction of sp³-hybridized carbons (Fsp3) is 0.553. The van der Waals surface area contributed by atoms with Gasteiger partial charge in [-0.3, -0.25) is 24.0 Å². The molecule has 0 saturated heterocycles. The molecule has 0 saturated carbocycles. The number of nitrogens with one attached hydrogen (secondary N) is 4. The first-order chi connectivity index (χ1) is 23.9. The molecule has 1 aliphatic heterocycles. The minimum Gasteiger partial charge on any atom is -0.493 e. The number of likely N-dealkylation sites (N-methyl/N-ethyl adjacent to an activating group) is 2. The molecule has 1 heterocycles. The largest absolute Gasteiger partial charge is 0.493 e.